The number of hydrogen-bond donors (Lipinski definition) is 2. The van der Waals surface area contributed by atoms with E-state index in [0.717, 1.165) is 25.5 Å². The first-order chi connectivity index (χ1) is 8.35. The molecule has 6 heteroatoms. The highest BCUT2D eigenvalue weighted by atomic mass is 32.1. The van der Waals surface area contributed by atoms with Crippen molar-refractivity contribution < 1.29 is 4.74 Å². The Morgan fingerprint density at radius 3 is 3.35 bits per heavy atom. The van der Waals surface area contributed by atoms with Gasteiger partial charge in [0.05, 0.1) is 13.2 Å². The lowest BCUT2D eigenvalue weighted by molar-refractivity contribution is 0.207. The Kier molecular flexibility index (Phi) is 4.36. The van der Waals surface area contributed by atoms with Crippen LogP contribution in [-0.4, -0.2) is 37.7 Å². The molecule has 1 aromatic rings. The van der Waals surface area contributed by atoms with Gasteiger partial charge in [-0.05, 0) is 23.4 Å². The number of guanidine groups is 1. The molecule has 0 aromatic carbocycles. The zero-order valence-electron chi connectivity index (χ0n) is 9.98. The second-order valence-electron chi connectivity index (χ2n) is 3.88. The maximum Gasteiger partial charge on any atom is 0.208 e. The lowest BCUT2D eigenvalue weighted by Gasteiger charge is -2.29. The predicted molar refractivity (Wildman–Crippen MR) is 69.9 cm³/mol. The molecule has 2 rings (SSSR count). The highest BCUT2D eigenvalue weighted by Crippen LogP contribution is 2.23. The molecule has 5 nitrogen and oxygen atoms in total. The molecule has 0 saturated carbocycles. The average Bonchev–Trinajstić information content (AvgIpc) is 2.82. The van der Waals surface area contributed by atoms with Crippen molar-refractivity contribution in [3.8, 4) is 0 Å². The minimum absolute atomic E-state index is 0.614. The van der Waals surface area contributed by atoms with E-state index in [1.807, 2.05) is 11.3 Å². The number of nitrogens with zero attached hydrogens (tertiary/aromatic N) is 2. The molecule has 17 heavy (non-hydrogen) atoms. The van der Waals surface area contributed by atoms with E-state index in [0.29, 0.717) is 13.2 Å². The summed E-state index contributed by atoms with van der Waals surface area (Å²) < 4.78 is 4.98. The number of aliphatic imine (C=N–C) groups is 1. The number of hydrazine groups is 1. The fraction of sp³-hybridized carbons (Fsp3) is 0.545. The fourth-order valence-corrected chi connectivity index (χ4v) is 2.80. The molecule has 94 valence electrons. The van der Waals surface area contributed by atoms with Crippen molar-refractivity contribution in [1.29, 1.82) is 0 Å². The highest BCUT2D eigenvalue weighted by Gasteiger charge is 2.19. The van der Waals surface area contributed by atoms with E-state index in [-0.39, 0.29) is 0 Å². The predicted octanol–water partition coefficient (Wildman–Crippen LogP) is 0.572. The van der Waals surface area contributed by atoms with E-state index in [1.54, 1.807) is 7.11 Å². The van der Waals surface area contributed by atoms with Gasteiger partial charge < -0.3 is 9.64 Å². The number of nitrogens with one attached hydrogen (secondary N) is 1. The van der Waals surface area contributed by atoms with Gasteiger partial charge in [-0.2, -0.15) is 0 Å². The molecule has 0 atom stereocenters. The first-order valence-corrected chi connectivity index (χ1v) is 6.53. The minimum Gasteiger partial charge on any atom is -0.383 e. The van der Waals surface area contributed by atoms with Crippen LogP contribution in [0.4, 0.5) is 0 Å². The lowest BCUT2D eigenvalue weighted by atomic mass is 10.1. The molecule has 1 aromatic heterocycles. The van der Waals surface area contributed by atoms with Crippen LogP contribution in [0.2, 0.25) is 0 Å². The number of methoxy groups -OCH3 is 1. The van der Waals surface area contributed by atoms with Crippen LogP contribution in [0.5, 0.6) is 0 Å². The number of thiophene rings is 1. The molecule has 0 radical (unpaired) electrons. The van der Waals surface area contributed by atoms with Crippen molar-refractivity contribution in [1.82, 2.24) is 10.3 Å². The summed E-state index contributed by atoms with van der Waals surface area (Å²) in [5.41, 5.74) is 4.06. The Morgan fingerprint density at radius 2 is 2.59 bits per heavy atom. The average molecular weight is 254 g/mol. The summed E-state index contributed by atoms with van der Waals surface area (Å²) in [6.07, 6.45) is 1.07. The van der Waals surface area contributed by atoms with Gasteiger partial charge in [-0.1, -0.05) is 0 Å². The van der Waals surface area contributed by atoms with Crippen LogP contribution < -0.4 is 11.3 Å². The van der Waals surface area contributed by atoms with Gasteiger partial charge in [-0.25, -0.2) is 10.8 Å². The summed E-state index contributed by atoms with van der Waals surface area (Å²) >= 11 is 1.83. The van der Waals surface area contributed by atoms with Crippen LogP contribution in [0.25, 0.3) is 0 Å². The molecule has 0 amide bonds. The molecule has 0 bridgehead atoms. The molecule has 0 unspecified atom stereocenters. The number of ether oxygens (including phenoxy) is 1. The first kappa shape index (κ1) is 12.3. The minimum atomic E-state index is 0.614. The van der Waals surface area contributed by atoms with E-state index in [1.165, 1.54) is 10.4 Å². The molecule has 2 heterocycles. The molecular formula is C11H18N4OS. The van der Waals surface area contributed by atoms with Gasteiger partial charge in [0.25, 0.3) is 0 Å². The highest BCUT2D eigenvalue weighted by molar-refractivity contribution is 7.10. The molecule has 1 aliphatic rings. The van der Waals surface area contributed by atoms with Crippen LogP contribution in [0.15, 0.2) is 16.4 Å². The Labute approximate surface area is 105 Å². The second-order valence-corrected chi connectivity index (χ2v) is 4.88. The summed E-state index contributed by atoms with van der Waals surface area (Å²) in [6.45, 7) is 3.09. The zero-order valence-corrected chi connectivity index (χ0v) is 10.8. The largest absolute Gasteiger partial charge is 0.383 e. The summed E-state index contributed by atoms with van der Waals surface area (Å²) in [5, 5.41) is 2.14. The van der Waals surface area contributed by atoms with Crippen LogP contribution in [0, 0.1) is 0 Å². The van der Waals surface area contributed by atoms with Crippen molar-refractivity contribution in [2.45, 2.75) is 13.0 Å². The van der Waals surface area contributed by atoms with E-state index in [9.17, 15) is 0 Å². The molecule has 0 fully saturated rings. The van der Waals surface area contributed by atoms with Crippen LogP contribution in [0.1, 0.15) is 10.4 Å². The van der Waals surface area contributed by atoms with Gasteiger partial charge >= 0.3 is 0 Å². The van der Waals surface area contributed by atoms with Gasteiger partial charge in [0.2, 0.25) is 5.96 Å². The summed E-state index contributed by atoms with van der Waals surface area (Å²) in [4.78, 5) is 8.05. The summed E-state index contributed by atoms with van der Waals surface area (Å²) in [6, 6.07) is 2.18. The SMILES string of the molecule is COCCN=C(NN)N1CCc2sccc2C1. The van der Waals surface area contributed by atoms with Gasteiger partial charge in [0.1, 0.15) is 0 Å². The normalized spacial score (nSPS) is 15.9. The molecule has 0 aliphatic carbocycles. The fourth-order valence-electron chi connectivity index (χ4n) is 1.91. The molecule has 0 spiro atoms. The Hall–Kier alpha value is -1.11. The van der Waals surface area contributed by atoms with E-state index < -0.39 is 0 Å². The Balaban J connectivity index is 2.00. The quantitative estimate of drug-likeness (QED) is 0.272. The van der Waals surface area contributed by atoms with Crippen molar-refractivity contribution >= 4 is 17.3 Å². The van der Waals surface area contributed by atoms with E-state index in [4.69, 9.17) is 10.6 Å². The third-order valence-electron chi connectivity index (χ3n) is 2.79. The Morgan fingerprint density at radius 1 is 1.71 bits per heavy atom. The Bertz CT molecular complexity index is 391. The first-order valence-electron chi connectivity index (χ1n) is 5.65. The molecule has 0 saturated heterocycles. The van der Waals surface area contributed by atoms with Crippen molar-refractivity contribution in [2.75, 3.05) is 26.8 Å². The standard InChI is InChI=1S/C11H18N4OS/c1-16-6-4-13-11(14-12)15-5-2-10-9(8-15)3-7-17-10/h3,7H,2,4-6,8,12H2,1H3,(H,13,14). The van der Waals surface area contributed by atoms with Gasteiger partial charge in [-0.3, -0.25) is 5.43 Å². The van der Waals surface area contributed by atoms with Crippen molar-refractivity contribution in [3.63, 3.8) is 0 Å². The van der Waals surface area contributed by atoms with Crippen LogP contribution in [0.3, 0.4) is 0 Å². The van der Waals surface area contributed by atoms with E-state index in [2.05, 4.69) is 26.8 Å². The van der Waals surface area contributed by atoms with Crippen molar-refractivity contribution in [2.24, 2.45) is 10.8 Å². The number of hydrogen-bond acceptors (Lipinski definition) is 4. The maximum atomic E-state index is 5.52. The molecule has 3 N–H and O–H groups in total. The third kappa shape index (κ3) is 2.96. The lowest BCUT2D eigenvalue weighted by Crippen LogP contribution is -2.46. The maximum absolute atomic E-state index is 5.52. The molecule has 1 aliphatic heterocycles. The van der Waals surface area contributed by atoms with Gasteiger partial charge in [-0.15, -0.1) is 11.3 Å². The van der Waals surface area contributed by atoms with Gasteiger partial charge in [0, 0.05) is 25.1 Å². The third-order valence-corrected chi connectivity index (χ3v) is 3.82. The topological polar surface area (TPSA) is 62.9 Å². The van der Waals surface area contributed by atoms with Crippen LogP contribution in [-0.2, 0) is 17.7 Å². The zero-order chi connectivity index (χ0) is 12.1. The summed E-state index contributed by atoms with van der Waals surface area (Å²) in [7, 11) is 1.67. The number of rotatable bonds is 3. The smallest absolute Gasteiger partial charge is 0.208 e. The number of nitrogens with two attached hydrogens (primary N) is 1. The van der Waals surface area contributed by atoms with Crippen molar-refractivity contribution in [3.05, 3.63) is 21.9 Å². The number of fused-ring (bicyclic) bond motifs is 1. The van der Waals surface area contributed by atoms with Crippen LogP contribution >= 0.6 is 11.3 Å². The molecular weight excluding hydrogens is 236 g/mol. The monoisotopic (exact) mass is 254 g/mol. The second kappa shape index (κ2) is 6.00. The van der Waals surface area contributed by atoms with Gasteiger partial charge in [0.15, 0.2) is 0 Å². The van der Waals surface area contributed by atoms with E-state index >= 15 is 0 Å². The summed E-state index contributed by atoms with van der Waals surface area (Å²) in [5.74, 6) is 6.27.